The summed E-state index contributed by atoms with van der Waals surface area (Å²) in [6, 6.07) is 6.59. The third kappa shape index (κ3) is 5.09. The minimum absolute atomic E-state index is 0.154. The highest BCUT2D eigenvalue weighted by molar-refractivity contribution is 7.89. The Labute approximate surface area is 198 Å². The first-order chi connectivity index (χ1) is 16.2. The maximum absolute atomic E-state index is 13.0. The number of anilines is 3. The number of rotatable bonds is 9. The van der Waals surface area contributed by atoms with E-state index in [1.807, 2.05) is 19.9 Å². The minimum Gasteiger partial charge on any atom is -0.495 e. The Morgan fingerprint density at radius 2 is 1.94 bits per heavy atom. The van der Waals surface area contributed by atoms with E-state index in [0.717, 1.165) is 5.39 Å². The molecular formula is C22H30N6O5S. The summed E-state index contributed by atoms with van der Waals surface area (Å²) in [7, 11) is -0.513. The number of methoxy groups -OCH3 is 2. The molecule has 0 unspecified atom stereocenters. The van der Waals surface area contributed by atoms with Crippen molar-refractivity contribution in [1.29, 1.82) is 0 Å². The molecule has 12 heteroatoms. The SMILES string of the molecule is COCC(C)(C)Nc1nc(Nc2ccc(S(=O)(=O)N3CCOCC3)cc2OC)nc2[nH]ccc12. The molecule has 3 heterocycles. The highest BCUT2D eigenvalue weighted by atomic mass is 32.2. The van der Waals surface area contributed by atoms with Crippen molar-refractivity contribution in [2.24, 2.45) is 0 Å². The summed E-state index contributed by atoms with van der Waals surface area (Å²) in [4.78, 5) is 12.5. The number of benzene rings is 1. The second-order valence-corrected chi connectivity index (χ2v) is 10.5. The van der Waals surface area contributed by atoms with E-state index in [4.69, 9.17) is 14.2 Å². The predicted molar refractivity (Wildman–Crippen MR) is 129 cm³/mol. The average Bonchev–Trinajstić information content (AvgIpc) is 3.28. The van der Waals surface area contributed by atoms with Crippen molar-refractivity contribution in [3.8, 4) is 5.75 Å². The highest BCUT2D eigenvalue weighted by Gasteiger charge is 2.27. The third-order valence-corrected chi connectivity index (χ3v) is 7.30. The number of nitrogens with one attached hydrogen (secondary N) is 3. The molecule has 1 aromatic carbocycles. The van der Waals surface area contributed by atoms with Crippen LogP contribution in [-0.4, -0.2) is 80.3 Å². The van der Waals surface area contributed by atoms with Gasteiger partial charge >= 0.3 is 0 Å². The van der Waals surface area contributed by atoms with Crippen LogP contribution in [0.5, 0.6) is 5.75 Å². The molecule has 0 spiro atoms. The van der Waals surface area contributed by atoms with Gasteiger partial charge in [-0.3, -0.25) is 0 Å². The Kier molecular flexibility index (Phi) is 6.94. The van der Waals surface area contributed by atoms with Crippen LogP contribution in [0.2, 0.25) is 0 Å². The first kappa shape index (κ1) is 24.2. The van der Waals surface area contributed by atoms with Gasteiger partial charge in [0.15, 0.2) is 0 Å². The molecule has 2 aromatic heterocycles. The smallest absolute Gasteiger partial charge is 0.243 e. The molecule has 4 rings (SSSR count). The van der Waals surface area contributed by atoms with E-state index in [0.29, 0.717) is 61.8 Å². The lowest BCUT2D eigenvalue weighted by atomic mass is 10.1. The van der Waals surface area contributed by atoms with Crippen molar-refractivity contribution in [3.63, 3.8) is 0 Å². The number of aromatic nitrogens is 3. The van der Waals surface area contributed by atoms with E-state index in [9.17, 15) is 8.42 Å². The summed E-state index contributed by atoms with van der Waals surface area (Å²) in [6.07, 6.45) is 1.80. The van der Waals surface area contributed by atoms with Crippen molar-refractivity contribution >= 4 is 38.5 Å². The van der Waals surface area contributed by atoms with Gasteiger partial charge in [-0.2, -0.15) is 14.3 Å². The standard InChI is InChI=1S/C22H30N6O5S/c1-22(2,14-31-3)27-20-16-7-8-23-19(16)25-21(26-20)24-17-6-5-15(13-18(17)32-4)34(29,30)28-9-11-33-12-10-28/h5-8,13H,9-12,14H2,1-4H3,(H3,23,24,25,26,27). The van der Waals surface area contributed by atoms with Crippen molar-refractivity contribution < 1.29 is 22.6 Å². The number of hydrogen-bond donors (Lipinski definition) is 3. The van der Waals surface area contributed by atoms with Crippen molar-refractivity contribution in [1.82, 2.24) is 19.3 Å². The molecule has 11 nitrogen and oxygen atoms in total. The van der Waals surface area contributed by atoms with E-state index < -0.39 is 10.0 Å². The third-order valence-electron chi connectivity index (χ3n) is 5.40. The lowest BCUT2D eigenvalue weighted by Crippen LogP contribution is -2.40. The molecule has 1 fully saturated rings. The van der Waals surface area contributed by atoms with Crippen LogP contribution in [0.1, 0.15) is 13.8 Å². The van der Waals surface area contributed by atoms with Gasteiger partial charge in [0.25, 0.3) is 0 Å². The number of ether oxygens (including phenoxy) is 3. The molecule has 0 bridgehead atoms. The Bertz CT molecular complexity index is 1250. The normalized spacial score (nSPS) is 15.4. The monoisotopic (exact) mass is 490 g/mol. The highest BCUT2D eigenvalue weighted by Crippen LogP contribution is 2.32. The molecule has 0 aliphatic carbocycles. The van der Waals surface area contributed by atoms with Gasteiger partial charge in [0, 0.05) is 32.5 Å². The maximum Gasteiger partial charge on any atom is 0.243 e. The zero-order chi connectivity index (χ0) is 24.3. The number of morpholine rings is 1. The van der Waals surface area contributed by atoms with Crippen LogP contribution in [0.15, 0.2) is 35.4 Å². The molecule has 0 saturated carbocycles. The second kappa shape index (κ2) is 9.74. The van der Waals surface area contributed by atoms with E-state index in [2.05, 4.69) is 25.6 Å². The van der Waals surface area contributed by atoms with Crippen LogP contribution in [0.25, 0.3) is 11.0 Å². The number of fused-ring (bicyclic) bond motifs is 1. The van der Waals surface area contributed by atoms with Gasteiger partial charge in [0.05, 0.1) is 48.4 Å². The van der Waals surface area contributed by atoms with Crippen LogP contribution in [0, 0.1) is 0 Å². The van der Waals surface area contributed by atoms with E-state index in [-0.39, 0.29) is 10.4 Å². The number of aromatic amines is 1. The van der Waals surface area contributed by atoms with Gasteiger partial charge in [-0.05, 0) is 32.0 Å². The lowest BCUT2D eigenvalue weighted by molar-refractivity contribution is 0.0730. The van der Waals surface area contributed by atoms with Gasteiger partial charge in [0.1, 0.15) is 17.2 Å². The zero-order valence-electron chi connectivity index (χ0n) is 19.7. The van der Waals surface area contributed by atoms with E-state index in [1.54, 1.807) is 25.4 Å². The number of hydrogen-bond acceptors (Lipinski definition) is 9. The van der Waals surface area contributed by atoms with Crippen LogP contribution in [0.4, 0.5) is 17.5 Å². The Morgan fingerprint density at radius 1 is 1.18 bits per heavy atom. The van der Waals surface area contributed by atoms with Gasteiger partial charge in [-0.1, -0.05) is 0 Å². The number of sulfonamides is 1. The summed E-state index contributed by atoms with van der Waals surface area (Å²) in [5.41, 5.74) is 0.827. The zero-order valence-corrected chi connectivity index (χ0v) is 20.5. The molecule has 0 radical (unpaired) electrons. The van der Waals surface area contributed by atoms with Gasteiger partial charge < -0.3 is 29.8 Å². The molecule has 1 aliphatic heterocycles. The van der Waals surface area contributed by atoms with Crippen molar-refractivity contribution in [3.05, 3.63) is 30.5 Å². The summed E-state index contributed by atoms with van der Waals surface area (Å²) >= 11 is 0. The second-order valence-electron chi connectivity index (χ2n) is 8.58. The van der Waals surface area contributed by atoms with Crippen molar-refractivity contribution in [2.45, 2.75) is 24.3 Å². The van der Waals surface area contributed by atoms with E-state index >= 15 is 0 Å². The number of nitrogens with zero attached hydrogens (tertiary/aromatic N) is 3. The molecule has 1 saturated heterocycles. The van der Waals surface area contributed by atoms with Crippen molar-refractivity contribution in [2.75, 3.05) is 57.8 Å². The first-order valence-corrected chi connectivity index (χ1v) is 12.3. The summed E-state index contributed by atoms with van der Waals surface area (Å²) in [5, 5.41) is 7.40. The molecule has 34 heavy (non-hydrogen) atoms. The number of H-pyrrole nitrogens is 1. The fraction of sp³-hybridized carbons (Fsp3) is 0.455. The largest absolute Gasteiger partial charge is 0.495 e. The molecular weight excluding hydrogens is 460 g/mol. The fourth-order valence-electron chi connectivity index (χ4n) is 3.80. The molecule has 184 valence electrons. The predicted octanol–water partition coefficient (Wildman–Crippen LogP) is 2.57. The van der Waals surface area contributed by atoms with Crippen LogP contribution in [0.3, 0.4) is 0 Å². The molecule has 1 aliphatic rings. The summed E-state index contributed by atoms with van der Waals surface area (Å²) in [6.45, 7) is 5.92. The Hall–Kier alpha value is -2.93. The topological polar surface area (TPSA) is 131 Å². The minimum atomic E-state index is -3.65. The van der Waals surface area contributed by atoms with Gasteiger partial charge in [-0.25, -0.2) is 8.42 Å². The van der Waals surface area contributed by atoms with E-state index in [1.165, 1.54) is 17.5 Å². The Morgan fingerprint density at radius 3 is 2.65 bits per heavy atom. The van der Waals surface area contributed by atoms with Gasteiger partial charge in [-0.15, -0.1) is 0 Å². The van der Waals surface area contributed by atoms with Crippen LogP contribution >= 0.6 is 0 Å². The first-order valence-electron chi connectivity index (χ1n) is 10.9. The van der Waals surface area contributed by atoms with Gasteiger partial charge in [0.2, 0.25) is 16.0 Å². The molecule has 3 N–H and O–H groups in total. The molecule has 3 aromatic rings. The molecule has 0 amide bonds. The average molecular weight is 491 g/mol. The summed E-state index contributed by atoms with van der Waals surface area (Å²) in [5.74, 6) is 1.33. The Balaban J connectivity index is 1.64. The quantitative estimate of drug-likeness (QED) is 0.414. The maximum atomic E-state index is 13.0. The van der Waals surface area contributed by atoms with Crippen LogP contribution in [-0.2, 0) is 19.5 Å². The fourth-order valence-corrected chi connectivity index (χ4v) is 5.23. The molecule has 0 atom stereocenters. The van der Waals surface area contributed by atoms with Crippen LogP contribution < -0.4 is 15.4 Å². The summed E-state index contributed by atoms with van der Waals surface area (Å²) < 4.78 is 43.5. The lowest BCUT2D eigenvalue weighted by Gasteiger charge is -2.26.